The highest BCUT2D eigenvalue weighted by atomic mass is 35.5. The highest BCUT2D eigenvalue weighted by Crippen LogP contribution is 2.38. The van der Waals surface area contributed by atoms with Crippen LogP contribution in [0.15, 0.2) is 24.4 Å². The summed E-state index contributed by atoms with van der Waals surface area (Å²) < 4.78 is 71.0. The number of Topliss-reactive ketones (excluding diaryl/α,β-unsaturated/α-hetero) is 1. The van der Waals surface area contributed by atoms with E-state index in [0.717, 1.165) is 4.68 Å². The molecule has 0 aliphatic carbocycles. The van der Waals surface area contributed by atoms with Gasteiger partial charge < -0.3 is 9.64 Å². The van der Waals surface area contributed by atoms with Crippen molar-refractivity contribution in [3.05, 3.63) is 46.5 Å². The number of ketones is 1. The van der Waals surface area contributed by atoms with Crippen molar-refractivity contribution in [2.75, 3.05) is 25.6 Å². The van der Waals surface area contributed by atoms with E-state index >= 15 is 0 Å². The summed E-state index contributed by atoms with van der Waals surface area (Å²) in [5.74, 6) is -0.322. The third-order valence-corrected chi connectivity index (χ3v) is 5.10. The van der Waals surface area contributed by atoms with E-state index < -0.39 is 24.9 Å². The Morgan fingerprint density at radius 2 is 1.92 bits per heavy atom. The molecule has 0 N–H and O–H groups in total. The molecule has 0 aromatic carbocycles. The van der Waals surface area contributed by atoms with Gasteiger partial charge >= 0.3 is 6.18 Å². The van der Waals surface area contributed by atoms with Crippen molar-refractivity contribution in [2.45, 2.75) is 31.9 Å². The molecule has 3 aromatic heterocycles. The summed E-state index contributed by atoms with van der Waals surface area (Å²) in [6.07, 6.45) is -5.96. The van der Waals surface area contributed by atoms with Crippen molar-refractivity contribution in [3.8, 4) is 17.1 Å². The van der Waals surface area contributed by atoms with Gasteiger partial charge in [0.2, 0.25) is 5.88 Å². The first-order valence-electron chi connectivity index (χ1n) is 10.6. The van der Waals surface area contributed by atoms with E-state index in [1.807, 2.05) is 0 Å². The monoisotopic (exact) mass is 532 g/mol. The summed E-state index contributed by atoms with van der Waals surface area (Å²) in [7, 11) is 4.69. The number of hydrogen-bond acceptors (Lipinski definition) is 7. The van der Waals surface area contributed by atoms with Crippen molar-refractivity contribution in [3.63, 3.8) is 0 Å². The summed E-state index contributed by atoms with van der Waals surface area (Å²) in [6, 6.07) is 4.36. The molecule has 0 saturated heterocycles. The Bertz CT molecular complexity index is 1230. The van der Waals surface area contributed by atoms with E-state index in [1.165, 1.54) is 25.4 Å². The highest BCUT2D eigenvalue weighted by Gasteiger charge is 2.38. The summed E-state index contributed by atoms with van der Waals surface area (Å²) in [4.78, 5) is 17.9. The normalized spacial score (nSPS) is 11.7. The second-order valence-corrected chi connectivity index (χ2v) is 8.47. The largest absolute Gasteiger partial charge is 0.472 e. The standard InChI is InChI=1S/C22H22ClF5N6O2/c1-33(2)16-9-13(30-31-20(16)15-10-34(3)32-21(15)22(26,27)28)4-5-14(35)6-12-7-17(23)29-19(8-12)36-11-18(24)25/h7-10,18H,4-6,11H2,1-3H3. The second kappa shape index (κ2) is 11.1. The third kappa shape index (κ3) is 7.09. The van der Waals surface area contributed by atoms with Crippen LogP contribution in [0.4, 0.5) is 27.6 Å². The van der Waals surface area contributed by atoms with E-state index in [0.29, 0.717) is 16.9 Å². The van der Waals surface area contributed by atoms with E-state index in [2.05, 4.69) is 20.3 Å². The van der Waals surface area contributed by atoms with Crippen LogP contribution in [-0.2, 0) is 30.9 Å². The minimum atomic E-state index is -4.67. The summed E-state index contributed by atoms with van der Waals surface area (Å²) in [5, 5.41) is 11.6. The van der Waals surface area contributed by atoms with Crippen LogP contribution >= 0.6 is 11.6 Å². The molecule has 194 valence electrons. The summed E-state index contributed by atoms with van der Waals surface area (Å²) >= 11 is 5.89. The Balaban J connectivity index is 1.74. The molecule has 14 heteroatoms. The van der Waals surface area contributed by atoms with E-state index in [1.54, 1.807) is 25.1 Å². The minimum absolute atomic E-state index is 0.00438. The van der Waals surface area contributed by atoms with Crippen LogP contribution in [0.1, 0.15) is 23.4 Å². The molecule has 0 amide bonds. The number of pyridine rings is 1. The Morgan fingerprint density at radius 1 is 1.19 bits per heavy atom. The van der Waals surface area contributed by atoms with Gasteiger partial charge in [0.05, 0.1) is 16.9 Å². The van der Waals surface area contributed by atoms with Crippen LogP contribution in [0.3, 0.4) is 0 Å². The zero-order chi connectivity index (χ0) is 26.6. The van der Waals surface area contributed by atoms with Crippen molar-refractivity contribution in [1.29, 1.82) is 0 Å². The number of rotatable bonds is 10. The maximum Gasteiger partial charge on any atom is 0.435 e. The molecule has 36 heavy (non-hydrogen) atoms. The molecule has 0 aliphatic rings. The number of anilines is 1. The fraction of sp³-hybridized carbons (Fsp3) is 0.409. The van der Waals surface area contributed by atoms with Gasteiger partial charge in [0, 0.05) is 46.2 Å². The lowest BCUT2D eigenvalue weighted by molar-refractivity contribution is -0.141. The van der Waals surface area contributed by atoms with E-state index in [4.69, 9.17) is 16.3 Å². The Labute approximate surface area is 208 Å². The van der Waals surface area contributed by atoms with Crippen LogP contribution in [-0.4, -0.2) is 57.9 Å². The van der Waals surface area contributed by atoms with Crippen LogP contribution in [0.5, 0.6) is 5.88 Å². The number of alkyl halides is 5. The van der Waals surface area contributed by atoms with Gasteiger partial charge in [-0.15, -0.1) is 5.10 Å². The number of carbonyl (C=O) groups is 1. The number of carbonyl (C=O) groups excluding carboxylic acids is 1. The van der Waals surface area contributed by atoms with Crippen LogP contribution in [0, 0.1) is 0 Å². The van der Waals surface area contributed by atoms with Crippen molar-refractivity contribution < 1.29 is 31.5 Å². The van der Waals surface area contributed by atoms with Crippen molar-refractivity contribution in [1.82, 2.24) is 25.0 Å². The van der Waals surface area contributed by atoms with Gasteiger partial charge in [-0.25, -0.2) is 13.8 Å². The molecule has 3 aromatic rings. The van der Waals surface area contributed by atoms with Crippen LogP contribution in [0.2, 0.25) is 5.15 Å². The second-order valence-electron chi connectivity index (χ2n) is 8.08. The molecule has 0 bridgehead atoms. The topological polar surface area (TPSA) is 86.0 Å². The van der Waals surface area contributed by atoms with Gasteiger partial charge in [0.25, 0.3) is 6.43 Å². The van der Waals surface area contributed by atoms with Gasteiger partial charge in [0.1, 0.15) is 16.6 Å². The molecule has 0 saturated carbocycles. The number of hydrogen-bond donors (Lipinski definition) is 0. The Morgan fingerprint density at radius 3 is 2.56 bits per heavy atom. The maximum atomic E-state index is 13.4. The average molecular weight is 533 g/mol. The van der Waals surface area contributed by atoms with Gasteiger partial charge in [-0.1, -0.05) is 11.6 Å². The van der Waals surface area contributed by atoms with Crippen molar-refractivity contribution >= 4 is 23.1 Å². The Hall–Kier alpha value is -3.35. The van der Waals surface area contributed by atoms with Gasteiger partial charge in [0.15, 0.2) is 12.3 Å². The number of ether oxygens (including phenoxy) is 1. The predicted octanol–water partition coefficient (Wildman–Crippen LogP) is 4.40. The lowest BCUT2D eigenvalue weighted by Gasteiger charge is -2.17. The first-order chi connectivity index (χ1) is 16.8. The number of aromatic nitrogens is 5. The van der Waals surface area contributed by atoms with Gasteiger partial charge in [-0.05, 0) is 24.1 Å². The maximum absolute atomic E-state index is 13.4. The molecule has 0 fully saturated rings. The lowest BCUT2D eigenvalue weighted by atomic mass is 10.0. The number of nitrogens with zero attached hydrogens (tertiary/aromatic N) is 6. The molecule has 0 radical (unpaired) electrons. The smallest absolute Gasteiger partial charge is 0.435 e. The molecule has 3 heterocycles. The van der Waals surface area contributed by atoms with E-state index in [9.17, 15) is 26.7 Å². The number of aryl methyl sites for hydroxylation is 2. The zero-order valence-corrected chi connectivity index (χ0v) is 20.2. The first-order valence-corrected chi connectivity index (χ1v) is 11.0. The van der Waals surface area contributed by atoms with Crippen LogP contribution in [0.25, 0.3) is 11.3 Å². The fourth-order valence-electron chi connectivity index (χ4n) is 3.38. The molecule has 0 atom stereocenters. The molecule has 0 spiro atoms. The fourth-order valence-corrected chi connectivity index (χ4v) is 3.60. The van der Waals surface area contributed by atoms with Crippen molar-refractivity contribution in [2.24, 2.45) is 7.05 Å². The minimum Gasteiger partial charge on any atom is -0.472 e. The van der Waals surface area contributed by atoms with E-state index in [-0.39, 0.29) is 47.3 Å². The lowest BCUT2D eigenvalue weighted by Crippen LogP contribution is -2.15. The summed E-state index contributed by atoms with van der Waals surface area (Å²) in [5.41, 5.74) is -0.0367. The van der Waals surface area contributed by atoms with Crippen LogP contribution < -0.4 is 9.64 Å². The van der Waals surface area contributed by atoms with Gasteiger partial charge in [-0.2, -0.15) is 23.4 Å². The summed E-state index contributed by atoms with van der Waals surface area (Å²) in [6.45, 7) is -0.854. The molecule has 0 aliphatic heterocycles. The number of halogens is 6. The zero-order valence-electron chi connectivity index (χ0n) is 19.5. The quantitative estimate of drug-likeness (QED) is 0.282. The predicted molar refractivity (Wildman–Crippen MR) is 121 cm³/mol. The average Bonchev–Trinajstić information content (AvgIpc) is 3.18. The SMILES string of the molecule is CN(C)c1cc(CCC(=O)Cc2cc(Cl)nc(OCC(F)F)c2)nnc1-c1cn(C)nc1C(F)(F)F. The first kappa shape index (κ1) is 27.2. The van der Waals surface area contributed by atoms with Gasteiger partial charge in [-0.3, -0.25) is 9.48 Å². The molecule has 8 nitrogen and oxygen atoms in total. The third-order valence-electron chi connectivity index (χ3n) is 4.91. The molecular weight excluding hydrogens is 511 g/mol. The molecule has 0 unspecified atom stereocenters. The molecule has 3 rings (SSSR count). The Kier molecular flexibility index (Phi) is 8.43. The highest BCUT2D eigenvalue weighted by molar-refractivity contribution is 6.29. The molecular formula is C22H22ClF5N6O2.